The average molecular weight is 309 g/mol. The number of aromatic nitrogens is 1. The Kier molecular flexibility index (Phi) is 3.68. The number of hydrogen-bond donors (Lipinski definition) is 4. The molecule has 3 aromatic rings. The van der Waals surface area contributed by atoms with Crippen LogP contribution >= 0.6 is 0 Å². The third-order valence-electron chi connectivity index (χ3n) is 3.26. The smallest absolute Gasteiger partial charge is 0.348 e. The molecule has 0 unspecified atom stereocenters. The van der Waals surface area contributed by atoms with Crippen molar-refractivity contribution in [3.05, 3.63) is 58.4 Å². The fourth-order valence-corrected chi connectivity index (χ4v) is 2.29. The summed E-state index contributed by atoms with van der Waals surface area (Å²) in [7, 11) is 0. The lowest BCUT2D eigenvalue weighted by molar-refractivity contribution is 0.522. The number of anilines is 3. The first-order chi connectivity index (χ1) is 11.0. The van der Waals surface area contributed by atoms with E-state index in [1.54, 1.807) is 30.3 Å². The van der Waals surface area contributed by atoms with Crippen LogP contribution in [0.2, 0.25) is 0 Å². The normalized spacial score (nSPS) is 10.5. The van der Waals surface area contributed by atoms with Crippen molar-refractivity contribution in [2.75, 3.05) is 10.6 Å². The Morgan fingerprint density at radius 1 is 1.22 bits per heavy atom. The minimum absolute atomic E-state index is 0.105. The summed E-state index contributed by atoms with van der Waals surface area (Å²) in [5.74, 6) is -0.159. The van der Waals surface area contributed by atoms with Crippen LogP contribution < -0.4 is 22.0 Å². The molecule has 23 heavy (non-hydrogen) atoms. The lowest BCUT2D eigenvalue weighted by Gasteiger charge is -2.08. The van der Waals surface area contributed by atoms with Gasteiger partial charge in [0.05, 0.1) is 10.9 Å². The summed E-state index contributed by atoms with van der Waals surface area (Å²) in [6.45, 7) is 1.84. The number of aryl methyl sites for hydroxylation is 1. The molecule has 0 saturated carbocycles. The van der Waals surface area contributed by atoms with E-state index in [1.165, 1.54) is 0 Å². The molecule has 1 aromatic heterocycles. The molecule has 0 spiro atoms. The van der Waals surface area contributed by atoms with Gasteiger partial charge in [-0.3, -0.25) is 5.41 Å². The molecular formula is C16H15N5O2. The molecular weight excluding hydrogens is 294 g/mol. The van der Waals surface area contributed by atoms with Crippen molar-refractivity contribution in [2.24, 2.45) is 5.73 Å². The van der Waals surface area contributed by atoms with E-state index in [4.69, 9.17) is 15.6 Å². The molecule has 0 aliphatic heterocycles. The zero-order valence-electron chi connectivity index (χ0n) is 12.4. The maximum absolute atomic E-state index is 12.1. The van der Waals surface area contributed by atoms with Crippen molar-refractivity contribution in [1.82, 2.24) is 4.98 Å². The van der Waals surface area contributed by atoms with E-state index in [0.717, 1.165) is 5.56 Å². The van der Waals surface area contributed by atoms with E-state index in [1.807, 2.05) is 19.1 Å². The molecule has 0 bridgehead atoms. The summed E-state index contributed by atoms with van der Waals surface area (Å²) in [6.07, 6.45) is 0. The van der Waals surface area contributed by atoms with Gasteiger partial charge >= 0.3 is 11.6 Å². The molecule has 7 nitrogen and oxygen atoms in total. The number of benzene rings is 2. The van der Waals surface area contributed by atoms with Gasteiger partial charge in [0, 0.05) is 11.4 Å². The van der Waals surface area contributed by atoms with Gasteiger partial charge in [-0.15, -0.1) is 0 Å². The highest BCUT2D eigenvalue weighted by atomic mass is 16.4. The van der Waals surface area contributed by atoms with Gasteiger partial charge < -0.3 is 20.8 Å². The SMILES string of the molecule is Cc1cccc2nc(Nc3cccc(NC(=N)N)c3)oc(=O)c12. The van der Waals surface area contributed by atoms with Crippen LogP contribution in [0.1, 0.15) is 5.56 Å². The minimum atomic E-state index is -0.436. The summed E-state index contributed by atoms with van der Waals surface area (Å²) in [4.78, 5) is 16.4. The molecule has 2 aromatic carbocycles. The molecule has 3 rings (SSSR count). The summed E-state index contributed by atoms with van der Waals surface area (Å²) < 4.78 is 5.23. The van der Waals surface area contributed by atoms with Gasteiger partial charge in [-0.05, 0) is 36.8 Å². The van der Waals surface area contributed by atoms with E-state index < -0.39 is 5.63 Å². The Bertz CT molecular complexity index is 949. The Labute approximate surface area is 131 Å². The van der Waals surface area contributed by atoms with Gasteiger partial charge in [-0.2, -0.15) is 4.98 Å². The second-order valence-electron chi connectivity index (χ2n) is 5.02. The summed E-state index contributed by atoms with van der Waals surface area (Å²) >= 11 is 0. The second kappa shape index (κ2) is 5.80. The first kappa shape index (κ1) is 14.6. The third kappa shape index (κ3) is 3.13. The maximum Gasteiger partial charge on any atom is 0.348 e. The fourth-order valence-electron chi connectivity index (χ4n) is 2.29. The van der Waals surface area contributed by atoms with Gasteiger partial charge in [0.25, 0.3) is 0 Å². The molecule has 5 N–H and O–H groups in total. The van der Waals surface area contributed by atoms with E-state index >= 15 is 0 Å². The Morgan fingerprint density at radius 3 is 2.74 bits per heavy atom. The molecule has 0 fully saturated rings. The molecule has 0 saturated heterocycles. The predicted molar refractivity (Wildman–Crippen MR) is 90.3 cm³/mol. The third-order valence-corrected chi connectivity index (χ3v) is 3.26. The average Bonchev–Trinajstić information content (AvgIpc) is 2.46. The summed E-state index contributed by atoms with van der Waals surface area (Å²) in [5.41, 5.74) is 7.55. The van der Waals surface area contributed by atoms with E-state index in [2.05, 4.69) is 15.6 Å². The van der Waals surface area contributed by atoms with Crippen LogP contribution in [0.4, 0.5) is 17.4 Å². The highest BCUT2D eigenvalue weighted by Gasteiger charge is 2.08. The van der Waals surface area contributed by atoms with Crippen molar-refractivity contribution in [3.63, 3.8) is 0 Å². The van der Waals surface area contributed by atoms with Crippen molar-refractivity contribution >= 4 is 34.3 Å². The number of nitrogens with one attached hydrogen (secondary N) is 3. The van der Waals surface area contributed by atoms with Crippen LogP contribution in [0.5, 0.6) is 0 Å². The second-order valence-corrected chi connectivity index (χ2v) is 5.02. The van der Waals surface area contributed by atoms with Crippen LogP contribution in [-0.2, 0) is 0 Å². The minimum Gasteiger partial charge on any atom is -0.388 e. The van der Waals surface area contributed by atoms with Gasteiger partial charge in [-0.25, -0.2) is 4.79 Å². The lowest BCUT2D eigenvalue weighted by atomic mass is 10.1. The van der Waals surface area contributed by atoms with E-state index in [9.17, 15) is 4.79 Å². The Hall–Kier alpha value is -3.35. The van der Waals surface area contributed by atoms with Gasteiger partial charge in [0.15, 0.2) is 5.96 Å². The molecule has 116 valence electrons. The Balaban J connectivity index is 1.96. The van der Waals surface area contributed by atoms with Crippen LogP contribution in [0, 0.1) is 12.3 Å². The zero-order chi connectivity index (χ0) is 16.4. The van der Waals surface area contributed by atoms with Crippen molar-refractivity contribution in [1.29, 1.82) is 5.41 Å². The van der Waals surface area contributed by atoms with Crippen molar-refractivity contribution in [2.45, 2.75) is 6.92 Å². The van der Waals surface area contributed by atoms with E-state index in [0.29, 0.717) is 22.3 Å². The Morgan fingerprint density at radius 2 is 1.96 bits per heavy atom. The molecule has 1 heterocycles. The first-order valence-corrected chi connectivity index (χ1v) is 6.91. The summed E-state index contributed by atoms with van der Waals surface area (Å²) in [6, 6.07) is 12.6. The lowest BCUT2D eigenvalue weighted by Crippen LogP contribution is -2.20. The van der Waals surface area contributed by atoms with Crippen molar-refractivity contribution in [3.8, 4) is 0 Å². The van der Waals surface area contributed by atoms with Crippen molar-refractivity contribution < 1.29 is 4.42 Å². The van der Waals surface area contributed by atoms with Crippen LogP contribution in [-0.4, -0.2) is 10.9 Å². The van der Waals surface area contributed by atoms with Gasteiger partial charge in [0.2, 0.25) is 0 Å². The molecule has 0 atom stereocenters. The topological polar surface area (TPSA) is 117 Å². The number of nitrogens with two attached hydrogens (primary N) is 1. The molecule has 0 amide bonds. The number of guanidine groups is 1. The number of rotatable bonds is 3. The highest BCUT2D eigenvalue weighted by molar-refractivity contribution is 5.90. The van der Waals surface area contributed by atoms with Crippen LogP contribution in [0.15, 0.2) is 51.7 Å². The molecule has 0 aliphatic carbocycles. The largest absolute Gasteiger partial charge is 0.388 e. The predicted octanol–water partition coefficient (Wildman–Crippen LogP) is 2.55. The fraction of sp³-hybridized carbons (Fsp3) is 0.0625. The number of hydrogen-bond acceptors (Lipinski definition) is 5. The summed E-state index contributed by atoms with van der Waals surface area (Å²) in [5, 5.41) is 13.3. The van der Waals surface area contributed by atoms with E-state index in [-0.39, 0.29) is 12.0 Å². The molecule has 0 aliphatic rings. The maximum atomic E-state index is 12.1. The van der Waals surface area contributed by atoms with Gasteiger partial charge in [0.1, 0.15) is 0 Å². The number of fused-ring (bicyclic) bond motifs is 1. The zero-order valence-corrected chi connectivity index (χ0v) is 12.4. The monoisotopic (exact) mass is 309 g/mol. The quantitative estimate of drug-likeness (QED) is 0.436. The van der Waals surface area contributed by atoms with Crippen LogP contribution in [0.3, 0.4) is 0 Å². The van der Waals surface area contributed by atoms with Gasteiger partial charge in [-0.1, -0.05) is 18.2 Å². The molecule has 0 radical (unpaired) electrons. The van der Waals surface area contributed by atoms with Crippen LogP contribution in [0.25, 0.3) is 10.9 Å². The molecule has 7 heteroatoms. The standard InChI is InChI=1S/C16H15N5O2/c1-9-4-2-7-12-13(9)14(22)23-16(21-12)20-11-6-3-5-10(8-11)19-15(17)18/h2-8H,1H3,(H,20,21)(H4,17,18,19). The number of nitrogens with zero attached hydrogens (tertiary/aromatic N) is 1. The highest BCUT2D eigenvalue weighted by Crippen LogP contribution is 2.20. The first-order valence-electron chi connectivity index (χ1n) is 6.91.